The lowest BCUT2D eigenvalue weighted by atomic mass is 10.4. The Hall–Kier alpha value is -1.07. The first kappa shape index (κ1) is 9.93. The highest BCUT2D eigenvalue weighted by Gasteiger charge is 1.99. The molecule has 62 valence electrons. The predicted molar refractivity (Wildman–Crippen MR) is 38.0 cm³/mol. The molecule has 5 nitrogen and oxygen atoms in total. The number of carboxylic acid groups (broad SMARTS) is 1. The number of carbonyl (C=O) groups is 1. The van der Waals surface area contributed by atoms with Gasteiger partial charge in [-0.3, -0.25) is 9.45 Å². The fourth-order valence-electron chi connectivity index (χ4n) is 0.538. The van der Waals surface area contributed by atoms with Crippen LogP contribution < -0.4 is 0 Å². The largest absolute Gasteiger partial charge is 0.481 e. The molecule has 0 aliphatic carbocycles. The van der Waals surface area contributed by atoms with Crippen molar-refractivity contribution >= 4 is 17.8 Å². The Bertz CT molecular complexity index is 200. The summed E-state index contributed by atoms with van der Waals surface area (Å²) in [6.45, 7) is 0. The molecule has 1 heterocycles. The molecule has 0 saturated heterocycles. The minimum Gasteiger partial charge on any atom is -0.481 e. The zero-order valence-electron chi connectivity index (χ0n) is 5.49. The van der Waals surface area contributed by atoms with E-state index in [2.05, 4.69) is 21.8 Å². The molecule has 1 rings (SSSR count). The first-order valence-corrected chi connectivity index (χ1v) is 3.00. The number of nitrogens with zero attached hydrogens (tertiary/aromatic N) is 1. The van der Waals surface area contributed by atoms with Gasteiger partial charge >= 0.3 is 5.97 Å². The van der Waals surface area contributed by atoms with E-state index in [0.29, 0.717) is 5.82 Å². The maximum atomic E-state index is 10.0. The second-order valence-corrected chi connectivity index (χ2v) is 1.61. The van der Waals surface area contributed by atoms with E-state index in [0.717, 1.165) is 0 Å². The standard InChI is InChI=1S/C5H6N2O2.ClHO/c8-5(9)3-4-6-1-2-7-4;1-2/h1-2H,3H2,(H,6,7)(H,8,9);2H. The van der Waals surface area contributed by atoms with E-state index in [9.17, 15) is 4.79 Å². The molecule has 3 N–H and O–H groups in total. The smallest absolute Gasteiger partial charge is 0.311 e. The van der Waals surface area contributed by atoms with Crippen molar-refractivity contribution in [3.05, 3.63) is 18.2 Å². The molecule has 0 atom stereocenters. The normalized spacial score (nSPS) is 8.18. The summed E-state index contributed by atoms with van der Waals surface area (Å²) in [5, 5.41) is 8.23. The topological polar surface area (TPSA) is 86.2 Å². The molecule has 0 bridgehead atoms. The van der Waals surface area contributed by atoms with Gasteiger partial charge in [-0.2, -0.15) is 0 Å². The average molecular weight is 179 g/mol. The molecule has 0 unspecified atom stereocenters. The molecule has 0 spiro atoms. The summed E-state index contributed by atoms with van der Waals surface area (Å²) in [6.07, 6.45) is 3.09. The maximum Gasteiger partial charge on any atom is 0.311 e. The fraction of sp³-hybridized carbons (Fsp3) is 0.200. The van der Waals surface area contributed by atoms with Gasteiger partial charge in [0.05, 0.1) is 11.9 Å². The van der Waals surface area contributed by atoms with Crippen LogP contribution in [-0.4, -0.2) is 25.7 Å². The molecule has 0 fully saturated rings. The Morgan fingerprint density at radius 1 is 1.73 bits per heavy atom. The number of nitrogens with one attached hydrogen (secondary N) is 1. The van der Waals surface area contributed by atoms with Crippen molar-refractivity contribution in [1.82, 2.24) is 9.97 Å². The summed E-state index contributed by atoms with van der Waals surface area (Å²) in [6, 6.07) is 0. The van der Waals surface area contributed by atoms with Gasteiger partial charge < -0.3 is 10.1 Å². The lowest BCUT2D eigenvalue weighted by molar-refractivity contribution is -0.136. The van der Waals surface area contributed by atoms with Crippen LogP contribution in [0.15, 0.2) is 12.4 Å². The highest BCUT2D eigenvalue weighted by Crippen LogP contribution is 1.88. The van der Waals surface area contributed by atoms with Gasteiger partial charge in [-0.15, -0.1) is 0 Å². The van der Waals surface area contributed by atoms with E-state index in [-0.39, 0.29) is 6.42 Å². The molecular formula is C5H7ClN2O3. The lowest BCUT2D eigenvalue weighted by Gasteiger charge is -1.85. The number of carboxylic acids is 1. The second-order valence-electron chi connectivity index (χ2n) is 1.61. The molecule has 0 aliphatic heterocycles. The molecule has 6 heteroatoms. The summed E-state index contributed by atoms with van der Waals surface area (Å²) in [4.78, 5) is 16.4. The van der Waals surface area contributed by atoms with Gasteiger partial charge in [-0.05, 0) is 0 Å². The van der Waals surface area contributed by atoms with E-state index < -0.39 is 5.97 Å². The zero-order chi connectivity index (χ0) is 8.69. The summed E-state index contributed by atoms with van der Waals surface area (Å²) in [5.74, 6) is -0.382. The zero-order valence-corrected chi connectivity index (χ0v) is 6.25. The Morgan fingerprint density at radius 3 is 2.73 bits per heavy atom. The molecule has 0 radical (unpaired) electrons. The van der Waals surface area contributed by atoms with Crippen molar-refractivity contribution in [3.8, 4) is 0 Å². The molecule has 1 aromatic rings. The van der Waals surface area contributed by atoms with Crippen LogP contribution in [0.4, 0.5) is 0 Å². The number of hydrogen-bond donors (Lipinski definition) is 3. The first-order valence-electron chi connectivity index (χ1n) is 2.66. The Morgan fingerprint density at radius 2 is 2.36 bits per heavy atom. The van der Waals surface area contributed by atoms with Gasteiger partial charge in [0.15, 0.2) is 0 Å². The van der Waals surface area contributed by atoms with Crippen LogP contribution in [0.3, 0.4) is 0 Å². The van der Waals surface area contributed by atoms with Gasteiger partial charge in [0.1, 0.15) is 12.2 Å². The summed E-state index contributed by atoms with van der Waals surface area (Å²) >= 11 is 3.64. The fourth-order valence-corrected chi connectivity index (χ4v) is 0.538. The van der Waals surface area contributed by atoms with E-state index in [4.69, 9.17) is 9.77 Å². The highest BCUT2D eigenvalue weighted by molar-refractivity contribution is 6.04. The Kier molecular flexibility index (Phi) is 5.14. The third-order valence-electron chi connectivity index (χ3n) is 0.874. The van der Waals surface area contributed by atoms with Gasteiger partial charge in [-0.1, -0.05) is 0 Å². The third kappa shape index (κ3) is 4.35. The van der Waals surface area contributed by atoms with Crippen molar-refractivity contribution in [2.75, 3.05) is 0 Å². The number of imidazole rings is 1. The average Bonchev–Trinajstić information content (AvgIpc) is 2.43. The van der Waals surface area contributed by atoms with Crippen LogP contribution in [0.25, 0.3) is 0 Å². The Labute approximate surface area is 67.8 Å². The Balaban J connectivity index is 0.000000461. The van der Waals surface area contributed by atoms with Gasteiger partial charge in [0, 0.05) is 12.4 Å². The number of hydrogen-bond acceptors (Lipinski definition) is 3. The van der Waals surface area contributed by atoms with Gasteiger partial charge in [0.25, 0.3) is 0 Å². The molecular weight excluding hydrogens is 172 g/mol. The molecule has 1 aromatic heterocycles. The number of aromatic amines is 1. The summed E-state index contributed by atoms with van der Waals surface area (Å²) in [5.41, 5.74) is 0. The highest BCUT2D eigenvalue weighted by atomic mass is 35.5. The summed E-state index contributed by atoms with van der Waals surface area (Å²) < 4.78 is 6.47. The third-order valence-corrected chi connectivity index (χ3v) is 0.874. The monoisotopic (exact) mass is 178 g/mol. The van der Waals surface area contributed by atoms with Crippen molar-refractivity contribution in [2.24, 2.45) is 0 Å². The molecule has 0 aliphatic rings. The van der Waals surface area contributed by atoms with Crippen molar-refractivity contribution in [3.63, 3.8) is 0 Å². The van der Waals surface area contributed by atoms with Crippen LogP contribution in [-0.2, 0) is 11.2 Å². The minimum atomic E-state index is -0.870. The quantitative estimate of drug-likeness (QED) is 0.603. The maximum absolute atomic E-state index is 10.0. The minimum absolute atomic E-state index is 0.0347. The molecule has 11 heavy (non-hydrogen) atoms. The van der Waals surface area contributed by atoms with Crippen molar-refractivity contribution < 1.29 is 14.6 Å². The SMILES string of the molecule is O=C(O)Cc1ncc[nH]1.OCl. The van der Waals surface area contributed by atoms with Crippen LogP contribution in [0, 0.1) is 0 Å². The van der Waals surface area contributed by atoms with Gasteiger partial charge in [0.2, 0.25) is 0 Å². The van der Waals surface area contributed by atoms with E-state index in [1.165, 1.54) is 6.20 Å². The summed E-state index contributed by atoms with van der Waals surface area (Å²) in [7, 11) is 0. The van der Waals surface area contributed by atoms with E-state index in [1.54, 1.807) is 6.20 Å². The van der Waals surface area contributed by atoms with Crippen LogP contribution in [0.1, 0.15) is 5.82 Å². The van der Waals surface area contributed by atoms with Crippen LogP contribution in [0.5, 0.6) is 0 Å². The van der Waals surface area contributed by atoms with E-state index >= 15 is 0 Å². The molecule has 0 aromatic carbocycles. The number of halogens is 1. The number of aromatic nitrogens is 2. The predicted octanol–water partition coefficient (Wildman–Crippen LogP) is 0.169. The van der Waals surface area contributed by atoms with E-state index in [1.807, 2.05) is 0 Å². The number of aliphatic carboxylic acids is 1. The number of rotatable bonds is 2. The first-order chi connectivity index (χ1) is 5.29. The van der Waals surface area contributed by atoms with Crippen LogP contribution >= 0.6 is 11.9 Å². The van der Waals surface area contributed by atoms with Crippen molar-refractivity contribution in [2.45, 2.75) is 6.42 Å². The van der Waals surface area contributed by atoms with Gasteiger partial charge in [-0.25, -0.2) is 4.98 Å². The van der Waals surface area contributed by atoms with Crippen LogP contribution in [0.2, 0.25) is 0 Å². The molecule has 0 saturated carbocycles. The lowest BCUT2D eigenvalue weighted by Crippen LogP contribution is -2.01. The number of H-pyrrole nitrogens is 1. The van der Waals surface area contributed by atoms with Crippen molar-refractivity contribution in [1.29, 1.82) is 0 Å². The molecule has 0 amide bonds. The second kappa shape index (κ2) is 5.70.